The van der Waals surface area contributed by atoms with Crippen LogP contribution in [-0.2, 0) is 17.8 Å². The van der Waals surface area contributed by atoms with Gasteiger partial charge in [-0.25, -0.2) is 0 Å². The van der Waals surface area contributed by atoms with E-state index in [4.69, 9.17) is 11.5 Å². The van der Waals surface area contributed by atoms with E-state index in [1.54, 1.807) is 0 Å². The molecule has 1 aliphatic heterocycles. The second kappa shape index (κ2) is 6.18. The molecule has 0 aliphatic carbocycles. The number of aromatic nitrogens is 3. The number of thioether (sulfide) groups is 1. The zero-order valence-electron chi connectivity index (χ0n) is 11.9. The molecule has 2 heterocycles. The molecule has 0 unspecified atom stereocenters. The molecule has 3 rings (SSSR count). The van der Waals surface area contributed by atoms with Gasteiger partial charge in [-0.1, -0.05) is 36.0 Å². The molecule has 0 spiro atoms. The van der Waals surface area contributed by atoms with Gasteiger partial charge < -0.3 is 16.4 Å². The molecular weight excluding hydrogens is 300 g/mol. The minimum absolute atomic E-state index is 0.0528. The van der Waals surface area contributed by atoms with E-state index in [1.165, 1.54) is 22.9 Å². The fourth-order valence-electron chi connectivity index (χ4n) is 2.38. The number of benzene rings is 1. The Kier molecular flexibility index (Phi) is 4.10. The van der Waals surface area contributed by atoms with Gasteiger partial charge >= 0.3 is 0 Å². The highest BCUT2D eigenvalue weighted by molar-refractivity contribution is 7.99. The van der Waals surface area contributed by atoms with Crippen LogP contribution in [0.5, 0.6) is 0 Å². The largest absolute Gasteiger partial charge is 0.368 e. The number of amides is 1. The van der Waals surface area contributed by atoms with Gasteiger partial charge in [-0.05, 0) is 17.5 Å². The van der Waals surface area contributed by atoms with E-state index in [2.05, 4.69) is 27.1 Å². The smallest absolute Gasteiger partial charge is 0.233 e. The first-order chi connectivity index (χ1) is 10.6. The molecule has 2 aromatic rings. The third-order valence-corrected chi connectivity index (χ3v) is 4.29. The van der Waals surface area contributed by atoms with Crippen molar-refractivity contribution in [2.75, 3.05) is 23.8 Å². The Balaban J connectivity index is 1.61. The van der Waals surface area contributed by atoms with Crippen molar-refractivity contribution in [3.8, 4) is 0 Å². The van der Waals surface area contributed by atoms with Crippen LogP contribution >= 0.6 is 11.8 Å². The van der Waals surface area contributed by atoms with Crippen molar-refractivity contribution in [3.63, 3.8) is 0 Å². The van der Waals surface area contributed by atoms with Gasteiger partial charge in [0.05, 0.1) is 5.75 Å². The monoisotopic (exact) mass is 316 g/mol. The van der Waals surface area contributed by atoms with Crippen molar-refractivity contribution >= 4 is 29.6 Å². The minimum Gasteiger partial charge on any atom is -0.368 e. The number of rotatable bonds is 3. The number of fused-ring (bicyclic) bond motifs is 1. The maximum atomic E-state index is 12.3. The number of nitrogens with zero attached hydrogens (tertiary/aromatic N) is 4. The van der Waals surface area contributed by atoms with Gasteiger partial charge in [-0.15, -0.1) is 0 Å². The second-order valence-electron chi connectivity index (χ2n) is 4.96. The Morgan fingerprint density at radius 3 is 2.55 bits per heavy atom. The Bertz CT molecular complexity index is 687. The molecule has 7 nitrogen and oxygen atoms in total. The molecule has 1 aromatic heterocycles. The van der Waals surface area contributed by atoms with Gasteiger partial charge in [0, 0.05) is 13.1 Å². The predicted molar refractivity (Wildman–Crippen MR) is 84.9 cm³/mol. The van der Waals surface area contributed by atoms with E-state index in [9.17, 15) is 4.79 Å². The minimum atomic E-state index is 0.0528. The lowest BCUT2D eigenvalue weighted by Gasteiger charge is -2.28. The second-order valence-corrected chi connectivity index (χ2v) is 5.90. The van der Waals surface area contributed by atoms with Crippen molar-refractivity contribution in [2.24, 2.45) is 0 Å². The fourth-order valence-corrected chi connectivity index (χ4v) is 3.13. The Hall–Kier alpha value is -2.35. The van der Waals surface area contributed by atoms with Crippen molar-refractivity contribution in [3.05, 3.63) is 35.4 Å². The summed E-state index contributed by atoms with van der Waals surface area (Å²) < 4.78 is 0. The first-order valence-corrected chi connectivity index (χ1v) is 7.85. The molecule has 0 saturated heterocycles. The molecule has 22 heavy (non-hydrogen) atoms. The molecule has 1 amide bonds. The van der Waals surface area contributed by atoms with Gasteiger partial charge in [0.15, 0.2) is 5.16 Å². The number of nitrogen functional groups attached to an aromatic ring is 2. The molecule has 1 aliphatic rings. The average molecular weight is 316 g/mol. The molecule has 0 saturated carbocycles. The van der Waals surface area contributed by atoms with Crippen LogP contribution in [0.2, 0.25) is 0 Å². The quantitative estimate of drug-likeness (QED) is 0.802. The maximum absolute atomic E-state index is 12.3. The zero-order valence-corrected chi connectivity index (χ0v) is 12.7. The standard InChI is InChI=1S/C14H16N6OS/c15-12-17-13(16)19-14(18-12)22-8-11(21)20-6-5-9-3-1-2-4-10(9)7-20/h1-4H,5-8H2,(H4,15,16,17,18,19). The van der Waals surface area contributed by atoms with Crippen molar-refractivity contribution in [1.82, 2.24) is 19.9 Å². The van der Waals surface area contributed by atoms with Crippen LogP contribution in [0.4, 0.5) is 11.9 Å². The summed E-state index contributed by atoms with van der Waals surface area (Å²) in [6, 6.07) is 8.21. The van der Waals surface area contributed by atoms with Crippen LogP contribution in [0.25, 0.3) is 0 Å². The normalized spacial score (nSPS) is 13.7. The van der Waals surface area contributed by atoms with Gasteiger partial charge in [-0.3, -0.25) is 4.79 Å². The molecule has 4 N–H and O–H groups in total. The van der Waals surface area contributed by atoms with Gasteiger partial charge in [-0.2, -0.15) is 15.0 Å². The van der Waals surface area contributed by atoms with Crippen LogP contribution < -0.4 is 11.5 Å². The van der Waals surface area contributed by atoms with E-state index in [1.807, 2.05) is 17.0 Å². The number of hydrogen-bond acceptors (Lipinski definition) is 7. The summed E-state index contributed by atoms with van der Waals surface area (Å²) in [6.07, 6.45) is 0.887. The summed E-state index contributed by atoms with van der Waals surface area (Å²) in [5.74, 6) is 0.436. The number of nitrogens with two attached hydrogens (primary N) is 2. The molecule has 0 bridgehead atoms. The summed E-state index contributed by atoms with van der Waals surface area (Å²) in [4.78, 5) is 25.8. The average Bonchev–Trinajstić information content (AvgIpc) is 2.51. The first-order valence-electron chi connectivity index (χ1n) is 6.86. The molecule has 0 radical (unpaired) electrons. The number of carbonyl (C=O) groups excluding carboxylic acids is 1. The number of carbonyl (C=O) groups is 1. The van der Waals surface area contributed by atoms with Crippen LogP contribution in [-0.4, -0.2) is 38.1 Å². The van der Waals surface area contributed by atoms with E-state index in [-0.39, 0.29) is 23.6 Å². The topological polar surface area (TPSA) is 111 Å². The zero-order chi connectivity index (χ0) is 15.5. The summed E-state index contributed by atoms with van der Waals surface area (Å²) >= 11 is 1.22. The fraction of sp³-hybridized carbons (Fsp3) is 0.286. The lowest BCUT2D eigenvalue weighted by Crippen LogP contribution is -2.37. The highest BCUT2D eigenvalue weighted by atomic mass is 32.2. The summed E-state index contributed by atoms with van der Waals surface area (Å²) in [5.41, 5.74) is 13.5. The van der Waals surface area contributed by atoms with E-state index in [0.717, 1.165) is 13.0 Å². The first kappa shape index (κ1) is 14.6. The Morgan fingerprint density at radius 2 is 1.82 bits per heavy atom. The number of hydrogen-bond donors (Lipinski definition) is 2. The highest BCUT2D eigenvalue weighted by Gasteiger charge is 2.20. The van der Waals surface area contributed by atoms with Gasteiger partial charge in [0.1, 0.15) is 0 Å². The Morgan fingerprint density at radius 1 is 1.14 bits per heavy atom. The van der Waals surface area contributed by atoms with Crippen LogP contribution in [0.1, 0.15) is 11.1 Å². The SMILES string of the molecule is Nc1nc(N)nc(SCC(=O)N2CCc3ccccc3C2)n1. The van der Waals surface area contributed by atoms with Crippen LogP contribution in [0, 0.1) is 0 Å². The predicted octanol–water partition coefficient (Wildman–Crippen LogP) is 0.713. The third-order valence-electron chi connectivity index (χ3n) is 3.46. The van der Waals surface area contributed by atoms with E-state index in [0.29, 0.717) is 11.7 Å². The van der Waals surface area contributed by atoms with Crippen molar-refractivity contribution in [1.29, 1.82) is 0 Å². The van der Waals surface area contributed by atoms with Gasteiger partial charge in [0.2, 0.25) is 17.8 Å². The summed E-state index contributed by atoms with van der Waals surface area (Å²) in [7, 11) is 0. The lowest BCUT2D eigenvalue weighted by molar-refractivity contribution is -0.129. The molecule has 0 fully saturated rings. The van der Waals surface area contributed by atoms with Crippen molar-refractivity contribution < 1.29 is 4.79 Å². The molecule has 1 aromatic carbocycles. The van der Waals surface area contributed by atoms with Crippen LogP contribution in [0.15, 0.2) is 29.4 Å². The molecule has 114 valence electrons. The van der Waals surface area contributed by atoms with Crippen molar-refractivity contribution in [2.45, 2.75) is 18.1 Å². The third kappa shape index (κ3) is 3.28. The maximum Gasteiger partial charge on any atom is 0.233 e. The molecule has 8 heteroatoms. The highest BCUT2D eigenvalue weighted by Crippen LogP contribution is 2.21. The van der Waals surface area contributed by atoms with E-state index >= 15 is 0 Å². The number of anilines is 2. The van der Waals surface area contributed by atoms with Crippen LogP contribution in [0.3, 0.4) is 0 Å². The molecular formula is C14H16N6OS. The summed E-state index contributed by atoms with van der Waals surface area (Å²) in [6.45, 7) is 1.38. The Labute approximate surface area is 132 Å². The summed E-state index contributed by atoms with van der Waals surface area (Å²) in [5, 5.41) is 0.371. The lowest BCUT2D eigenvalue weighted by atomic mass is 10.00. The van der Waals surface area contributed by atoms with Gasteiger partial charge in [0.25, 0.3) is 0 Å². The molecule has 0 atom stereocenters. The van der Waals surface area contributed by atoms with E-state index < -0.39 is 0 Å².